The van der Waals surface area contributed by atoms with E-state index >= 15 is 0 Å². The zero-order valence-electron chi connectivity index (χ0n) is 11.6. The van der Waals surface area contributed by atoms with E-state index in [1.165, 1.54) is 5.56 Å². The third-order valence-corrected chi connectivity index (χ3v) is 4.11. The lowest BCUT2D eigenvalue weighted by atomic mass is 9.96. The molecule has 108 valence electrons. The highest BCUT2D eigenvalue weighted by atomic mass is 35.5. The Morgan fingerprint density at radius 2 is 1.95 bits per heavy atom. The van der Waals surface area contributed by atoms with Gasteiger partial charge >= 0.3 is 0 Å². The van der Waals surface area contributed by atoms with Gasteiger partial charge in [-0.15, -0.1) is 0 Å². The van der Waals surface area contributed by atoms with Gasteiger partial charge in [-0.2, -0.15) is 0 Å². The first-order chi connectivity index (χ1) is 10.1. The number of benzene rings is 1. The Kier molecular flexibility index (Phi) is 3.79. The summed E-state index contributed by atoms with van der Waals surface area (Å²) >= 11 is 12.2. The lowest BCUT2D eigenvalue weighted by Crippen LogP contribution is -2.02. The van der Waals surface area contributed by atoms with Crippen molar-refractivity contribution in [2.45, 2.75) is 19.3 Å². The maximum Gasteiger partial charge on any atom is 0.157 e. The van der Waals surface area contributed by atoms with E-state index in [0.29, 0.717) is 27.4 Å². The van der Waals surface area contributed by atoms with Crippen molar-refractivity contribution in [2.75, 3.05) is 5.73 Å². The summed E-state index contributed by atoms with van der Waals surface area (Å²) in [7, 11) is 0. The average molecular weight is 320 g/mol. The van der Waals surface area contributed by atoms with Crippen LogP contribution in [0.25, 0.3) is 5.65 Å². The molecule has 0 spiro atoms. The summed E-state index contributed by atoms with van der Waals surface area (Å²) in [5.41, 5.74) is 8.94. The maximum absolute atomic E-state index is 6.19. The van der Waals surface area contributed by atoms with Crippen molar-refractivity contribution in [2.24, 2.45) is 0 Å². The van der Waals surface area contributed by atoms with E-state index in [9.17, 15) is 0 Å². The van der Waals surface area contributed by atoms with Gasteiger partial charge in [-0.3, -0.25) is 4.40 Å². The van der Waals surface area contributed by atoms with Gasteiger partial charge in [-0.05, 0) is 17.5 Å². The normalized spacial score (nSPS) is 12.7. The van der Waals surface area contributed by atoms with Gasteiger partial charge in [-0.1, -0.05) is 60.5 Å². The minimum absolute atomic E-state index is 0.327. The Balaban J connectivity index is 1.98. The number of anilines is 1. The molecule has 1 atom stereocenters. The summed E-state index contributed by atoms with van der Waals surface area (Å²) in [6.45, 7) is 2.16. The molecule has 0 saturated carbocycles. The monoisotopic (exact) mass is 319 g/mol. The van der Waals surface area contributed by atoms with E-state index < -0.39 is 0 Å². The lowest BCUT2D eigenvalue weighted by Gasteiger charge is -2.10. The summed E-state index contributed by atoms with van der Waals surface area (Å²) in [6.07, 6.45) is 2.49. The molecule has 0 aliphatic rings. The van der Waals surface area contributed by atoms with Crippen molar-refractivity contribution in [3.63, 3.8) is 0 Å². The summed E-state index contributed by atoms with van der Waals surface area (Å²) in [5, 5.41) is 1.05. The fraction of sp³-hybridized carbons (Fsp3) is 0.188. The number of hydrogen-bond donors (Lipinski definition) is 1. The van der Waals surface area contributed by atoms with E-state index in [-0.39, 0.29) is 0 Å². The highest BCUT2D eigenvalue weighted by molar-refractivity contribution is 6.36. The summed E-state index contributed by atoms with van der Waals surface area (Å²) in [5.74, 6) is 0.921. The number of nitrogens with zero attached hydrogens (tertiary/aromatic N) is 2. The molecule has 2 N–H and O–H groups in total. The number of aromatic nitrogens is 2. The molecule has 0 aliphatic heterocycles. The fourth-order valence-electron chi connectivity index (χ4n) is 2.48. The molecule has 5 heteroatoms. The molecular weight excluding hydrogens is 305 g/mol. The van der Waals surface area contributed by atoms with Crippen LogP contribution in [0.3, 0.4) is 0 Å². The molecule has 0 saturated heterocycles. The van der Waals surface area contributed by atoms with Crippen LogP contribution in [0.2, 0.25) is 10.0 Å². The Morgan fingerprint density at radius 1 is 1.24 bits per heavy atom. The zero-order valence-corrected chi connectivity index (χ0v) is 13.1. The molecule has 3 aromatic rings. The number of pyridine rings is 1. The molecular formula is C16H15Cl2N3. The lowest BCUT2D eigenvalue weighted by molar-refractivity contribution is 0.747. The second-order valence-electron chi connectivity index (χ2n) is 5.16. The molecule has 0 aliphatic carbocycles. The highest BCUT2D eigenvalue weighted by Crippen LogP contribution is 2.28. The molecule has 3 nitrogen and oxygen atoms in total. The third-order valence-electron chi connectivity index (χ3n) is 3.62. The van der Waals surface area contributed by atoms with Crippen LogP contribution in [0.5, 0.6) is 0 Å². The second-order valence-corrected chi connectivity index (χ2v) is 6.00. The number of rotatable bonds is 3. The van der Waals surface area contributed by atoms with Crippen LogP contribution in [0.15, 0.2) is 42.6 Å². The molecule has 3 rings (SSSR count). The molecule has 0 fully saturated rings. The van der Waals surface area contributed by atoms with Gasteiger partial charge in [0.05, 0.1) is 15.7 Å². The predicted molar refractivity (Wildman–Crippen MR) is 88.2 cm³/mol. The van der Waals surface area contributed by atoms with Crippen molar-refractivity contribution >= 4 is 34.7 Å². The highest BCUT2D eigenvalue weighted by Gasteiger charge is 2.16. The first-order valence-corrected chi connectivity index (χ1v) is 7.48. The zero-order chi connectivity index (χ0) is 15.0. The summed E-state index contributed by atoms with van der Waals surface area (Å²) in [4.78, 5) is 4.57. The number of fused-ring (bicyclic) bond motifs is 1. The van der Waals surface area contributed by atoms with Gasteiger partial charge in [0.15, 0.2) is 5.65 Å². The van der Waals surface area contributed by atoms with E-state index in [2.05, 4.69) is 24.0 Å². The smallest absolute Gasteiger partial charge is 0.157 e. The third kappa shape index (κ3) is 2.71. The summed E-state index contributed by atoms with van der Waals surface area (Å²) in [6, 6.07) is 12.0. The Hall–Kier alpha value is -1.71. The number of nitrogens with two attached hydrogens (primary N) is 1. The fourth-order valence-corrected chi connectivity index (χ4v) is 2.99. The van der Waals surface area contributed by atoms with Gasteiger partial charge in [0, 0.05) is 12.6 Å². The second kappa shape index (κ2) is 5.58. The number of nitrogen functional groups attached to an aromatic ring is 1. The van der Waals surface area contributed by atoms with Gasteiger partial charge in [0.1, 0.15) is 5.82 Å². The van der Waals surface area contributed by atoms with Crippen molar-refractivity contribution in [1.82, 2.24) is 9.38 Å². The first kappa shape index (κ1) is 14.2. The minimum atomic E-state index is 0.327. The number of hydrogen-bond acceptors (Lipinski definition) is 2. The number of imidazole rings is 1. The van der Waals surface area contributed by atoms with Gasteiger partial charge < -0.3 is 5.73 Å². The van der Waals surface area contributed by atoms with Crippen LogP contribution >= 0.6 is 23.2 Å². The Bertz CT molecular complexity index is 781. The van der Waals surface area contributed by atoms with Crippen LogP contribution in [0.1, 0.15) is 24.1 Å². The van der Waals surface area contributed by atoms with Crippen LogP contribution in [-0.4, -0.2) is 9.38 Å². The van der Waals surface area contributed by atoms with Crippen LogP contribution in [-0.2, 0) is 6.42 Å². The van der Waals surface area contributed by atoms with Gasteiger partial charge in [0.25, 0.3) is 0 Å². The molecule has 2 aromatic heterocycles. The van der Waals surface area contributed by atoms with E-state index in [1.54, 1.807) is 16.7 Å². The van der Waals surface area contributed by atoms with Gasteiger partial charge in [-0.25, -0.2) is 4.98 Å². The van der Waals surface area contributed by atoms with E-state index in [0.717, 1.165) is 12.1 Å². The van der Waals surface area contributed by atoms with E-state index in [4.69, 9.17) is 28.9 Å². The average Bonchev–Trinajstić information content (AvgIpc) is 2.78. The Morgan fingerprint density at radius 3 is 2.67 bits per heavy atom. The Labute approximate surface area is 133 Å². The molecule has 21 heavy (non-hydrogen) atoms. The molecule has 1 aromatic carbocycles. The predicted octanol–water partition coefficient (Wildman–Crippen LogP) is 4.57. The minimum Gasteiger partial charge on any atom is -0.383 e. The molecule has 0 amide bonds. The van der Waals surface area contributed by atoms with Crippen LogP contribution in [0.4, 0.5) is 5.82 Å². The van der Waals surface area contributed by atoms with Crippen molar-refractivity contribution in [3.8, 4) is 0 Å². The topological polar surface area (TPSA) is 43.3 Å². The SMILES string of the molecule is CC(Cc1nc2c(Cl)cc(Cl)cn2c1N)c1ccccc1. The largest absolute Gasteiger partial charge is 0.383 e. The molecule has 0 bridgehead atoms. The van der Waals surface area contributed by atoms with E-state index in [1.807, 2.05) is 18.2 Å². The standard InChI is InChI=1S/C16H15Cl2N3/c1-10(11-5-3-2-4-6-11)7-14-15(19)21-9-12(17)8-13(18)16(21)20-14/h2-6,8-10H,7,19H2,1H3. The first-order valence-electron chi connectivity index (χ1n) is 6.72. The summed E-state index contributed by atoms with van der Waals surface area (Å²) < 4.78 is 1.75. The van der Waals surface area contributed by atoms with Crippen LogP contribution in [0, 0.1) is 0 Å². The van der Waals surface area contributed by atoms with Crippen molar-refractivity contribution < 1.29 is 0 Å². The van der Waals surface area contributed by atoms with Crippen LogP contribution < -0.4 is 5.73 Å². The van der Waals surface area contributed by atoms with Gasteiger partial charge in [0.2, 0.25) is 0 Å². The molecule has 1 unspecified atom stereocenters. The molecule has 0 radical (unpaired) electrons. The molecule has 2 heterocycles. The van der Waals surface area contributed by atoms with Crippen molar-refractivity contribution in [1.29, 1.82) is 0 Å². The maximum atomic E-state index is 6.19. The quantitative estimate of drug-likeness (QED) is 0.768. The van der Waals surface area contributed by atoms with Crippen molar-refractivity contribution in [3.05, 3.63) is 63.9 Å². The number of halogens is 2.